The quantitative estimate of drug-likeness (QED) is 0.604. The van der Waals surface area contributed by atoms with Gasteiger partial charge in [0.15, 0.2) is 0 Å². The third-order valence-electron chi connectivity index (χ3n) is 4.45. The number of rotatable bonds is 0. The predicted molar refractivity (Wildman–Crippen MR) is 63.6 cm³/mol. The lowest BCUT2D eigenvalue weighted by Crippen LogP contribution is -2.41. The predicted octanol–water partition coefficient (Wildman–Crippen LogP) is 3.53. The Kier molecular flexibility index (Phi) is 2.70. The third kappa shape index (κ3) is 1.87. The molecule has 0 aliphatic heterocycles. The van der Waals surface area contributed by atoms with Crippen molar-refractivity contribution in [1.29, 1.82) is 0 Å². The fourth-order valence-electron chi connectivity index (χ4n) is 3.52. The molecule has 0 amide bonds. The highest BCUT2D eigenvalue weighted by molar-refractivity contribution is 5.27. The SMILES string of the molecule is CC1=C2C(CCC(C)(C)[C@H]2O)CC(C)C1. The van der Waals surface area contributed by atoms with Crippen LogP contribution in [0.25, 0.3) is 0 Å². The molecule has 0 bridgehead atoms. The molecule has 2 aliphatic rings. The van der Waals surface area contributed by atoms with E-state index < -0.39 is 0 Å². The van der Waals surface area contributed by atoms with E-state index in [1.54, 1.807) is 0 Å². The monoisotopic (exact) mass is 208 g/mol. The summed E-state index contributed by atoms with van der Waals surface area (Å²) in [5.74, 6) is 1.49. The minimum Gasteiger partial charge on any atom is -0.388 e. The van der Waals surface area contributed by atoms with Gasteiger partial charge >= 0.3 is 0 Å². The van der Waals surface area contributed by atoms with E-state index in [0.717, 1.165) is 5.92 Å². The zero-order chi connectivity index (χ0) is 11.2. The lowest BCUT2D eigenvalue weighted by molar-refractivity contribution is 0.0304. The van der Waals surface area contributed by atoms with E-state index in [0.29, 0.717) is 5.92 Å². The van der Waals surface area contributed by atoms with Crippen LogP contribution in [0.2, 0.25) is 0 Å². The lowest BCUT2D eigenvalue weighted by Gasteiger charge is -2.45. The van der Waals surface area contributed by atoms with Gasteiger partial charge in [-0.2, -0.15) is 0 Å². The molecule has 2 unspecified atom stereocenters. The van der Waals surface area contributed by atoms with Gasteiger partial charge in [0.25, 0.3) is 0 Å². The molecule has 1 N–H and O–H groups in total. The lowest BCUT2D eigenvalue weighted by atomic mass is 9.62. The van der Waals surface area contributed by atoms with Crippen molar-refractivity contribution in [2.24, 2.45) is 17.3 Å². The Labute approximate surface area is 93.6 Å². The van der Waals surface area contributed by atoms with Crippen molar-refractivity contribution in [3.63, 3.8) is 0 Å². The third-order valence-corrected chi connectivity index (χ3v) is 4.45. The fraction of sp³-hybridized carbons (Fsp3) is 0.857. The maximum atomic E-state index is 10.4. The van der Waals surface area contributed by atoms with Crippen LogP contribution in [0.4, 0.5) is 0 Å². The summed E-state index contributed by atoms with van der Waals surface area (Å²) in [5.41, 5.74) is 2.96. The normalized spacial score (nSPS) is 40.2. The van der Waals surface area contributed by atoms with E-state index >= 15 is 0 Å². The van der Waals surface area contributed by atoms with E-state index in [1.807, 2.05) is 0 Å². The van der Waals surface area contributed by atoms with Crippen LogP contribution in [-0.4, -0.2) is 11.2 Å². The van der Waals surface area contributed by atoms with Crippen molar-refractivity contribution in [2.45, 2.75) is 59.5 Å². The highest BCUT2D eigenvalue weighted by Crippen LogP contribution is 2.48. The molecule has 86 valence electrons. The first kappa shape index (κ1) is 11.2. The number of aliphatic hydroxyl groups excluding tert-OH is 1. The second kappa shape index (κ2) is 3.62. The van der Waals surface area contributed by atoms with Crippen molar-refractivity contribution in [3.8, 4) is 0 Å². The number of allylic oxidation sites excluding steroid dienone is 1. The summed E-state index contributed by atoms with van der Waals surface area (Å²) in [5, 5.41) is 10.4. The average Bonchev–Trinajstić information content (AvgIpc) is 2.11. The van der Waals surface area contributed by atoms with Crippen molar-refractivity contribution in [1.82, 2.24) is 0 Å². The standard InChI is InChI=1S/C14H24O/c1-9-7-10(2)12-11(8-9)5-6-14(3,4)13(12)15/h9,11,13,15H,5-8H2,1-4H3/t9?,11?,13-/m0/s1. The largest absolute Gasteiger partial charge is 0.388 e. The second-order valence-electron chi connectivity index (χ2n) is 6.41. The van der Waals surface area contributed by atoms with Crippen molar-refractivity contribution in [3.05, 3.63) is 11.1 Å². The smallest absolute Gasteiger partial charge is 0.0806 e. The minimum absolute atomic E-state index is 0.0909. The molecule has 2 rings (SSSR count). The first-order valence-corrected chi connectivity index (χ1v) is 6.29. The van der Waals surface area contributed by atoms with E-state index in [2.05, 4.69) is 27.7 Å². The Balaban J connectivity index is 2.33. The summed E-state index contributed by atoms with van der Waals surface area (Å²) in [6.45, 7) is 8.97. The van der Waals surface area contributed by atoms with Crippen LogP contribution >= 0.6 is 0 Å². The van der Waals surface area contributed by atoms with E-state index in [1.165, 1.54) is 36.8 Å². The molecule has 0 aromatic heterocycles. The van der Waals surface area contributed by atoms with Gasteiger partial charge in [0.05, 0.1) is 6.10 Å². The van der Waals surface area contributed by atoms with E-state index in [9.17, 15) is 5.11 Å². The minimum atomic E-state index is -0.191. The molecule has 3 atom stereocenters. The number of hydrogen-bond acceptors (Lipinski definition) is 1. The van der Waals surface area contributed by atoms with Gasteiger partial charge in [-0.25, -0.2) is 0 Å². The molecule has 1 heteroatoms. The molecule has 0 radical (unpaired) electrons. The Morgan fingerprint density at radius 2 is 2.00 bits per heavy atom. The van der Waals surface area contributed by atoms with Crippen LogP contribution in [-0.2, 0) is 0 Å². The molecule has 1 nitrogen and oxygen atoms in total. The van der Waals surface area contributed by atoms with Crippen molar-refractivity contribution < 1.29 is 5.11 Å². The summed E-state index contributed by atoms with van der Waals surface area (Å²) < 4.78 is 0. The number of fused-ring (bicyclic) bond motifs is 1. The summed E-state index contributed by atoms with van der Waals surface area (Å²) in [7, 11) is 0. The topological polar surface area (TPSA) is 20.2 Å². The molecule has 0 aromatic rings. The first-order valence-electron chi connectivity index (χ1n) is 6.29. The molecule has 0 aromatic carbocycles. The van der Waals surface area contributed by atoms with Gasteiger partial charge in [0.1, 0.15) is 0 Å². The summed E-state index contributed by atoms with van der Waals surface area (Å²) >= 11 is 0. The summed E-state index contributed by atoms with van der Waals surface area (Å²) in [6, 6.07) is 0. The van der Waals surface area contributed by atoms with E-state index in [-0.39, 0.29) is 11.5 Å². The Morgan fingerprint density at radius 1 is 1.33 bits per heavy atom. The zero-order valence-electron chi connectivity index (χ0n) is 10.5. The van der Waals surface area contributed by atoms with Crippen LogP contribution in [0.3, 0.4) is 0 Å². The molecule has 0 spiro atoms. The van der Waals surface area contributed by atoms with Crippen LogP contribution < -0.4 is 0 Å². The fourth-order valence-corrected chi connectivity index (χ4v) is 3.52. The van der Waals surface area contributed by atoms with Gasteiger partial charge in [-0.1, -0.05) is 26.3 Å². The molecule has 1 saturated carbocycles. The first-order chi connectivity index (χ1) is 6.92. The van der Waals surface area contributed by atoms with Gasteiger partial charge in [0, 0.05) is 0 Å². The maximum Gasteiger partial charge on any atom is 0.0806 e. The van der Waals surface area contributed by atoms with Crippen LogP contribution in [0, 0.1) is 17.3 Å². The van der Waals surface area contributed by atoms with Crippen molar-refractivity contribution in [2.75, 3.05) is 0 Å². The highest BCUT2D eigenvalue weighted by Gasteiger charge is 2.41. The summed E-state index contributed by atoms with van der Waals surface area (Å²) in [4.78, 5) is 0. The Bertz CT molecular complexity index is 288. The Morgan fingerprint density at radius 3 is 2.67 bits per heavy atom. The molecule has 1 fully saturated rings. The summed E-state index contributed by atoms with van der Waals surface area (Å²) in [6.07, 6.45) is 4.74. The highest BCUT2D eigenvalue weighted by atomic mass is 16.3. The molecular weight excluding hydrogens is 184 g/mol. The second-order valence-corrected chi connectivity index (χ2v) is 6.41. The maximum absolute atomic E-state index is 10.4. The molecule has 15 heavy (non-hydrogen) atoms. The van der Waals surface area contributed by atoms with E-state index in [4.69, 9.17) is 0 Å². The van der Waals surface area contributed by atoms with Gasteiger partial charge in [-0.05, 0) is 55.4 Å². The zero-order valence-corrected chi connectivity index (χ0v) is 10.5. The van der Waals surface area contributed by atoms with Gasteiger partial charge < -0.3 is 5.11 Å². The average molecular weight is 208 g/mol. The van der Waals surface area contributed by atoms with Crippen LogP contribution in [0.1, 0.15) is 53.4 Å². The molecule has 2 aliphatic carbocycles. The van der Waals surface area contributed by atoms with Crippen LogP contribution in [0.5, 0.6) is 0 Å². The molecule has 0 saturated heterocycles. The number of aliphatic hydroxyl groups is 1. The Hall–Kier alpha value is -0.300. The number of hydrogen-bond donors (Lipinski definition) is 1. The van der Waals surface area contributed by atoms with Gasteiger partial charge in [-0.3, -0.25) is 0 Å². The molecular formula is C14H24O. The van der Waals surface area contributed by atoms with Gasteiger partial charge in [0.2, 0.25) is 0 Å². The molecule has 0 heterocycles. The van der Waals surface area contributed by atoms with Gasteiger partial charge in [-0.15, -0.1) is 0 Å². The van der Waals surface area contributed by atoms with Crippen molar-refractivity contribution >= 4 is 0 Å². The van der Waals surface area contributed by atoms with Crippen LogP contribution in [0.15, 0.2) is 11.1 Å².